The van der Waals surface area contributed by atoms with E-state index in [0.717, 1.165) is 23.5 Å². The van der Waals surface area contributed by atoms with Gasteiger partial charge in [0, 0.05) is 12.0 Å². The predicted octanol–water partition coefficient (Wildman–Crippen LogP) is 3.69. The van der Waals surface area contributed by atoms with Gasteiger partial charge in [0.25, 0.3) is 0 Å². The van der Waals surface area contributed by atoms with Crippen LogP contribution in [0.2, 0.25) is 0 Å². The molecule has 0 spiro atoms. The zero-order valence-electron chi connectivity index (χ0n) is 10.6. The molecule has 3 nitrogen and oxygen atoms in total. The van der Waals surface area contributed by atoms with Crippen LogP contribution in [0.4, 0.5) is 0 Å². The number of hydrogen-bond donors (Lipinski definition) is 0. The average Bonchev–Trinajstić information content (AvgIpc) is 2.88. The molecule has 0 saturated heterocycles. The monoisotopic (exact) mass is 244 g/mol. The Morgan fingerprint density at radius 1 is 1.11 bits per heavy atom. The number of hydrogen-bond acceptors (Lipinski definition) is 3. The van der Waals surface area contributed by atoms with Crippen LogP contribution >= 0.6 is 0 Å². The largest absolute Gasteiger partial charge is 0.462 e. The van der Waals surface area contributed by atoms with Crippen molar-refractivity contribution in [3.05, 3.63) is 47.7 Å². The van der Waals surface area contributed by atoms with E-state index in [4.69, 9.17) is 9.15 Å². The van der Waals surface area contributed by atoms with E-state index in [2.05, 4.69) is 0 Å². The molecule has 0 aliphatic carbocycles. The minimum atomic E-state index is -0.294. The number of carbonyl (C=O) groups is 1. The molecule has 1 aromatic carbocycles. The fourth-order valence-electron chi connectivity index (χ4n) is 1.71. The van der Waals surface area contributed by atoms with E-state index < -0.39 is 0 Å². The third-order valence-corrected chi connectivity index (χ3v) is 2.69. The first kappa shape index (κ1) is 12.4. The fourth-order valence-corrected chi connectivity index (χ4v) is 1.71. The molecule has 2 rings (SSSR count). The summed E-state index contributed by atoms with van der Waals surface area (Å²) in [5, 5.41) is 0. The smallest absolute Gasteiger partial charge is 0.338 e. The van der Waals surface area contributed by atoms with Crippen LogP contribution in [0.25, 0.3) is 11.3 Å². The van der Waals surface area contributed by atoms with E-state index in [1.807, 2.05) is 31.2 Å². The van der Waals surface area contributed by atoms with Gasteiger partial charge in [-0.15, -0.1) is 0 Å². The van der Waals surface area contributed by atoms with Gasteiger partial charge < -0.3 is 9.15 Å². The number of carbonyl (C=O) groups excluding carboxylic acids is 1. The molecule has 0 N–H and O–H groups in total. The lowest BCUT2D eigenvalue weighted by molar-refractivity contribution is 0.0526. The quantitative estimate of drug-likeness (QED) is 0.770. The minimum Gasteiger partial charge on any atom is -0.462 e. The topological polar surface area (TPSA) is 39.4 Å². The van der Waals surface area contributed by atoms with Crippen molar-refractivity contribution >= 4 is 5.97 Å². The van der Waals surface area contributed by atoms with Gasteiger partial charge in [0.2, 0.25) is 0 Å². The molecule has 1 aromatic heterocycles. The van der Waals surface area contributed by atoms with Gasteiger partial charge in [-0.05, 0) is 31.2 Å². The van der Waals surface area contributed by atoms with Crippen molar-refractivity contribution in [2.45, 2.75) is 20.3 Å². The lowest BCUT2D eigenvalue weighted by Gasteiger charge is -2.02. The molecule has 2 aromatic rings. The number of rotatable bonds is 4. The van der Waals surface area contributed by atoms with Crippen LogP contribution in [0.5, 0.6) is 0 Å². The Bertz CT molecular complexity index is 523. The van der Waals surface area contributed by atoms with Crippen LogP contribution in [0.15, 0.2) is 40.8 Å². The summed E-state index contributed by atoms with van der Waals surface area (Å²) in [5.74, 6) is 1.49. The van der Waals surface area contributed by atoms with Crippen LogP contribution in [-0.4, -0.2) is 12.6 Å². The van der Waals surface area contributed by atoms with Gasteiger partial charge in [0.05, 0.1) is 12.2 Å². The molecular weight excluding hydrogens is 228 g/mol. The average molecular weight is 244 g/mol. The first-order valence-corrected chi connectivity index (χ1v) is 6.10. The Hall–Kier alpha value is -2.03. The molecule has 1 heterocycles. The maximum absolute atomic E-state index is 11.5. The van der Waals surface area contributed by atoms with Gasteiger partial charge in [-0.1, -0.05) is 19.1 Å². The summed E-state index contributed by atoms with van der Waals surface area (Å²) in [4.78, 5) is 11.5. The minimum absolute atomic E-state index is 0.294. The second kappa shape index (κ2) is 5.54. The molecule has 0 saturated carbocycles. The van der Waals surface area contributed by atoms with Gasteiger partial charge in [0.1, 0.15) is 11.5 Å². The molecule has 3 heteroatoms. The molecule has 0 radical (unpaired) electrons. The molecule has 0 amide bonds. The van der Waals surface area contributed by atoms with Gasteiger partial charge in [-0.3, -0.25) is 0 Å². The lowest BCUT2D eigenvalue weighted by Crippen LogP contribution is -2.03. The number of furan rings is 1. The van der Waals surface area contributed by atoms with Crippen LogP contribution in [0, 0.1) is 0 Å². The summed E-state index contributed by atoms with van der Waals surface area (Å²) in [6.45, 7) is 4.23. The highest BCUT2D eigenvalue weighted by atomic mass is 16.5. The Morgan fingerprint density at radius 3 is 2.39 bits per heavy atom. The second-order valence-electron chi connectivity index (χ2n) is 3.92. The SMILES string of the molecule is CCOC(=O)c1ccc(-c2ccc(CC)o2)cc1. The normalized spacial score (nSPS) is 10.3. The summed E-state index contributed by atoms with van der Waals surface area (Å²) < 4.78 is 10.6. The maximum atomic E-state index is 11.5. The molecular formula is C15H16O3. The number of ether oxygens (including phenoxy) is 1. The zero-order chi connectivity index (χ0) is 13.0. The van der Waals surface area contributed by atoms with Gasteiger partial charge in [0.15, 0.2) is 0 Å². The Labute approximate surface area is 106 Å². The van der Waals surface area contributed by atoms with Crippen LogP contribution in [0.1, 0.15) is 30.0 Å². The van der Waals surface area contributed by atoms with Crippen molar-refractivity contribution in [2.75, 3.05) is 6.61 Å². The van der Waals surface area contributed by atoms with Crippen molar-refractivity contribution in [2.24, 2.45) is 0 Å². The van der Waals surface area contributed by atoms with Crippen molar-refractivity contribution in [1.82, 2.24) is 0 Å². The molecule has 0 aliphatic rings. The number of benzene rings is 1. The number of aryl methyl sites for hydroxylation is 1. The Morgan fingerprint density at radius 2 is 1.83 bits per heavy atom. The van der Waals surface area contributed by atoms with Gasteiger partial charge in [-0.2, -0.15) is 0 Å². The molecule has 0 unspecified atom stereocenters. The first-order chi connectivity index (χ1) is 8.74. The summed E-state index contributed by atoms with van der Waals surface area (Å²) in [6.07, 6.45) is 0.876. The van der Waals surface area contributed by atoms with Crippen molar-refractivity contribution in [1.29, 1.82) is 0 Å². The molecule has 0 bridgehead atoms. The summed E-state index contributed by atoms with van der Waals surface area (Å²) >= 11 is 0. The zero-order valence-corrected chi connectivity index (χ0v) is 10.6. The maximum Gasteiger partial charge on any atom is 0.338 e. The molecule has 0 atom stereocenters. The molecule has 0 aliphatic heterocycles. The van der Waals surface area contributed by atoms with E-state index >= 15 is 0 Å². The molecule has 94 valence electrons. The van der Waals surface area contributed by atoms with Gasteiger partial charge >= 0.3 is 5.97 Å². The van der Waals surface area contributed by atoms with Crippen molar-refractivity contribution in [3.63, 3.8) is 0 Å². The highest BCUT2D eigenvalue weighted by molar-refractivity contribution is 5.89. The van der Waals surface area contributed by atoms with Crippen LogP contribution in [0.3, 0.4) is 0 Å². The molecule has 18 heavy (non-hydrogen) atoms. The predicted molar refractivity (Wildman–Crippen MR) is 69.5 cm³/mol. The summed E-state index contributed by atoms with van der Waals surface area (Å²) in [5.41, 5.74) is 1.52. The van der Waals surface area contributed by atoms with Crippen LogP contribution < -0.4 is 0 Å². The second-order valence-corrected chi connectivity index (χ2v) is 3.92. The van der Waals surface area contributed by atoms with E-state index in [-0.39, 0.29) is 5.97 Å². The first-order valence-electron chi connectivity index (χ1n) is 6.10. The van der Waals surface area contributed by atoms with Crippen molar-refractivity contribution < 1.29 is 13.9 Å². The lowest BCUT2D eigenvalue weighted by atomic mass is 10.1. The third-order valence-electron chi connectivity index (χ3n) is 2.69. The highest BCUT2D eigenvalue weighted by Crippen LogP contribution is 2.22. The number of esters is 1. The van der Waals surface area contributed by atoms with Gasteiger partial charge in [-0.25, -0.2) is 4.79 Å². The van der Waals surface area contributed by atoms with E-state index in [1.54, 1.807) is 19.1 Å². The third kappa shape index (κ3) is 2.62. The molecule has 0 fully saturated rings. The van der Waals surface area contributed by atoms with Crippen LogP contribution in [-0.2, 0) is 11.2 Å². The van der Waals surface area contributed by atoms with E-state index in [9.17, 15) is 4.79 Å². The highest BCUT2D eigenvalue weighted by Gasteiger charge is 2.08. The van der Waals surface area contributed by atoms with Crippen molar-refractivity contribution in [3.8, 4) is 11.3 Å². The Balaban J connectivity index is 2.19. The summed E-state index contributed by atoms with van der Waals surface area (Å²) in [7, 11) is 0. The Kier molecular flexibility index (Phi) is 3.82. The standard InChI is InChI=1S/C15H16O3/c1-3-13-9-10-14(18-13)11-5-7-12(8-6-11)15(16)17-4-2/h5-10H,3-4H2,1-2H3. The fraction of sp³-hybridized carbons (Fsp3) is 0.267. The van der Waals surface area contributed by atoms with E-state index in [1.165, 1.54) is 0 Å². The summed E-state index contributed by atoms with van der Waals surface area (Å²) in [6, 6.07) is 11.1. The van der Waals surface area contributed by atoms with E-state index in [0.29, 0.717) is 12.2 Å².